The van der Waals surface area contributed by atoms with E-state index in [1.54, 1.807) is 0 Å². The van der Waals surface area contributed by atoms with Gasteiger partial charge in [0.2, 0.25) is 0 Å². The van der Waals surface area contributed by atoms with Crippen LogP contribution in [0.5, 0.6) is 0 Å². The van der Waals surface area contributed by atoms with E-state index in [1.165, 1.54) is 43.8 Å². The van der Waals surface area contributed by atoms with Crippen LogP contribution in [-0.2, 0) is 0 Å². The molecule has 2 unspecified atom stereocenters. The molecule has 0 N–H and O–H groups in total. The van der Waals surface area contributed by atoms with Gasteiger partial charge in [-0.25, -0.2) is 4.98 Å². The van der Waals surface area contributed by atoms with Crippen LogP contribution in [0.2, 0.25) is 0 Å². The second kappa shape index (κ2) is 10.3. The molecule has 5 heterocycles. The molecule has 244 valence electrons. The van der Waals surface area contributed by atoms with Crippen molar-refractivity contribution < 1.29 is 4.42 Å². The number of para-hydroxylation sites is 6. The summed E-state index contributed by atoms with van der Waals surface area (Å²) >= 11 is 0. The van der Waals surface area contributed by atoms with Crippen molar-refractivity contribution in [1.82, 2.24) is 14.1 Å². The van der Waals surface area contributed by atoms with Gasteiger partial charge in [0.05, 0.1) is 28.1 Å². The minimum absolute atomic E-state index is 0.00607. The normalized spacial score (nSPS) is 16.8. The standard InChI is InChI=1S/C47H30N4O/c1-7-19-38-30(13-1)31-14-2-8-20-39(31)49(38)29-25-26-43-36(27-29)34-17-5-11-23-42(34)51(43)47-46-37(35-18-6-12-24-44(35)52-46)28-45(48-47)50-40-21-9-3-15-32(40)33-16-4-10-22-41(33)50/h1-28,36,43H. The summed E-state index contributed by atoms with van der Waals surface area (Å²) in [6.07, 6.45) is 7.12. The van der Waals surface area contributed by atoms with Crippen LogP contribution in [0.3, 0.4) is 0 Å². The fourth-order valence-electron chi connectivity index (χ4n) is 9.07. The number of allylic oxidation sites excluding steroid dienone is 2. The first-order chi connectivity index (χ1) is 25.8. The van der Waals surface area contributed by atoms with Gasteiger partial charge in [-0.05, 0) is 54.1 Å². The van der Waals surface area contributed by atoms with E-state index in [9.17, 15) is 0 Å². The molecule has 52 heavy (non-hydrogen) atoms. The number of benzene rings is 6. The van der Waals surface area contributed by atoms with Crippen LogP contribution in [0, 0.1) is 0 Å². The van der Waals surface area contributed by atoms with Crippen molar-refractivity contribution in [2.45, 2.75) is 12.0 Å². The average molecular weight is 667 g/mol. The third-order valence-corrected chi connectivity index (χ3v) is 11.2. The fourth-order valence-corrected chi connectivity index (χ4v) is 9.07. The van der Waals surface area contributed by atoms with Crippen molar-refractivity contribution in [2.24, 2.45) is 0 Å². The average Bonchev–Trinajstić information content (AvgIpc) is 3.94. The number of hydrogen-bond acceptors (Lipinski definition) is 3. The Morgan fingerprint density at radius 3 is 1.71 bits per heavy atom. The lowest BCUT2D eigenvalue weighted by Crippen LogP contribution is -2.30. The lowest BCUT2D eigenvalue weighted by atomic mass is 9.90. The van der Waals surface area contributed by atoms with Gasteiger partial charge < -0.3 is 13.9 Å². The number of pyridine rings is 1. The minimum Gasteiger partial charge on any atom is -0.452 e. The van der Waals surface area contributed by atoms with Crippen molar-refractivity contribution in [3.05, 3.63) is 175 Å². The molecular formula is C47H30N4O. The van der Waals surface area contributed by atoms with Crippen LogP contribution in [0.25, 0.3) is 77.1 Å². The number of fused-ring (bicyclic) bond motifs is 12. The number of anilines is 2. The summed E-state index contributed by atoms with van der Waals surface area (Å²) in [5.41, 5.74) is 9.95. The van der Waals surface area contributed by atoms with E-state index >= 15 is 0 Å². The summed E-state index contributed by atoms with van der Waals surface area (Å²) in [7, 11) is 0. The van der Waals surface area contributed by atoms with Crippen LogP contribution in [0.15, 0.2) is 174 Å². The Hall–Kier alpha value is -6.85. The first kappa shape index (κ1) is 27.9. The Kier molecular flexibility index (Phi) is 5.55. The molecule has 0 saturated heterocycles. The maximum atomic E-state index is 6.76. The van der Waals surface area contributed by atoms with Crippen molar-refractivity contribution in [3.8, 4) is 5.82 Å². The van der Waals surface area contributed by atoms with Crippen molar-refractivity contribution >= 4 is 82.8 Å². The molecule has 6 aromatic carbocycles. The van der Waals surface area contributed by atoms with Gasteiger partial charge in [0.1, 0.15) is 11.4 Å². The Balaban J connectivity index is 1.11. The summed E-state index contributed by atoms with van der Waals surface area (Å²) in [6.45, 7) is 0. The molecule has 12 rings (SSSR count). The van der Waals surface area contributed by atoms with Crippen molar-refractivity contribution in [3.63, 3.8) is 0 Å². The van der Waals surface area contributed by atoms with Gasteiger partial charge in [-0.2, -0.15) is 0 Å². The molecule has 1 aliphatic heterocycles. The summed E-state index contributed by atoms with van der Waals surface area (Å²) in [6, 6.07) is 54.0. The highest BCUT2D eigenvalue weighted by molar-refractivity contribution is 6.13. The van der Waals surface area contributed by atoms with E-state index in [4.69, 9.17) is 9.40 Å². The highest BCUT2D eigenvalue weighted by Crippen LogP contribution is 2.51. The van der Waals surface area contributed by atoms with Crippen LogP contribution in [0.4, 0.5) is 11.5 Å². The predicted molar refractivity (Wildman–Crippen MR) is 214 cm³/mol. The Labute approximate surface area is 298 Å². The number of rotatable bonds is 3. The fraction of sp³-hybridized carbons (Fsp3) is 0.0426. The van der Waals surface area contributed by atoms with Gasteiger partial charge in [0.25, 0.3) is 0 Å². The third-order valence-electron chi connectivity index (χ3n) is 11.2. The topological polar surface area (TPSA) is 39.1 Å². The second-order valence-electron chi connectivity index (χ2n) is 13.9. The van der Waals surface area contributed by atoms with Crippen LogP contribution >= 0.6 is 0 Å². The molecule has 4 aromatic heterocycles. The highest BCUT2D eigenvalue weighted by Gasteiger charge is 2.41. The zero-order chi connectivity index (χ0) is 33.9. The zero-order valence-corrected chi connectivity index (χ0v) is 28.0. The van der Waals surface area contributed by atoms with Crippen molar-refractivity contribution in [1.29, 1.82) is 0 Å². The van der Waals surface area contributed by atoms with Gasteiger partial charge >= 0.3 is 0 Å². The molecule has 0 saturated carbocycles. The molecule has 0 amide bonds. The van der Waals surface area contributed by atoms with Gasteiger partial charge in [-0.3, -0.25) is 4.57 Å². The number of furan rings is 1. The Bertz CT molecular complexity index is 3070. The molecule has 5 nitrogen and oxygen atoms in total. The number of nitrogens with zero attached hydrogens (tertiary/aromatic N) is 4. The summed E-state index contributed by atoms with van der Waals surface area (Å²) < 4.78 is 11.5. The quantitative estimate of drug-likeness (QED) is 0.188. The van der Waals surface area contributed by atoms with Crippen LogP contribution in [0.1, 0.15) is 11.5 Å². The maximum Gasteiger partial charge on any atom is 0.179 e. The maximum absolute atomic E-state index is 6.76. The summed E-state index contributed by atoms with van der Waals surface area (Å²) in [5, 5.41) is 7.09. The molecule has 2 aliphatic rings. The first-order valence-electron chi connectivity index (χ1n) is 17.9. The molecule has 0 radical (unpaired) electrons. The zero-order valence-electron chi connectivity index (χ0n) is 28.0. The van der Waals surface area contributed by atoms with Gasteiger partial charge in [-0.1, -0.05) is 121 Å². The van der Waals surface area contributed by atoms with Crippen LogP contribution in [-0.4, -0.2) is 20.2 Å². The Morgan fingerprint density at radius 1 is 0.519 bits per heavy atom. The van der Waals surface area contributed by atoms with E-state index < -0.39 is 0 Å². The molecule has 10 aromatic rings. The van der Waals surface area contributed by atoms with Gasteiger partial charge in [0, 0.05) is 49.6 Å². The van der Waals surface area contributed by atoms with E-state index in [0.29, 0.717) is 0 Å². The SMILES string of the molecule is C1=CC2C(C=C1n1c3ccccc3c3ccccc31)c1ccccc1N2c1nc(-n2c3ccccc3c3ccccc32)cc2c1oc1ccccc12. The molecule has 0 fully saturated rings. The Morgan fingerprint density at radius 2 is 1.06 bits per heavy atom. The highest BCUT2D eigenvalue weighted by atomic mass is 16.3. The van der Waals surface area contributed by atoms with E-state index in [1.807, 2.05) is 6.07 Å². The number of hydrogen-bond donors (Lipinski definition) is 0. The lowest BCUT2D eigenvalue weighted by Gasteiger charge is -2.29. The third kappa shape index (κ3) is 3.69. The summed E-state index contributed by atoms with van der Waals surface area (Å²) in [4.78, 5) is 8.01. The largest absolute Gasteiger partial charge is 0.452 e. The minimum atomic E-state index is 0.00607. The van der Waals surface area contributed by atoms with Crippen molar-refractivity contribution in [2.75, 3.05) is 4.90 Å². The monoisotopic (exact) mass is 666 g/mol. The lowest BCUT2D eigenvalue weighted by molar-refractivity contribution is 0.659. The van der Waals surface area contributed by atoms with Gasteiger partial charge in [0.15, 0.2) is 11.4 Å². The molecular weight excluding hydrogens is 637 g/mol. The smallest absolute Gasteiger partial charge is 0.179 e. The molecule has 1 aliphatic carbocycles. The summed E-state index contributed by atoms with van der Waals surface area (Å²) in [5.74, 6) is 1.80. The molecule has 0 bridgehead atoms. The molecule has 0 spiro atoms. The second-order valence-corrected chi connectivity index (χ2v) is 13.9. The molecule has 5 heteroatoms. The van der Waals surface area contributed by atoms with Gasteiger partial charge in [-0.15, -0.1) is 0 Å². The van der Waals surface area contributed by atoms with E-state index in [0.717, 1.165) is 50.3 Å². The predicted octanol–water partition coefficient (Wildman–Crippen LogP) is 11.9. The van der Waals surface area contributed by atoms with Crippen LogP contribution < -0.4 is 4.90 Å². The number of aromatic nitrogens is 3. The van der Waals surface area contributed by atoms with E-state index in [2.05, 4.69) is 178 Å². The van der Waals surface area contributed by atoms with E-state index in [-0.39, 0.29) is 12.0 Å². The molecule has 2 atom stereocenters. The first-order valence-corrected chi connectivity index (χ1v) is 17.9.